The van der Waals surface area contributed by atoms with Crippen molar-refractivity contribution in [2.75, 3.05) is 13.1 Å². The molecule has 2 aromatic rings. The van der Waals surface area contributed by atoms with Gasteiger partial charge in [0.1, 0.15) is 23.4 Å². The molecule has 6 nitrogen and oxygen atoms in total. The molecule has 0 radical (unpaired) electrons. The van der Waals surface area contributed by atoms with Crippen molar-refractivity contribution in [2.24, 2.45) is 7.05 Å². The quantitative estimate of drug-likeness (QED) is 0.926. The van der Waals surface area contributed by atoms with Gasteiger partial charge in [0.2, 0.25) is 0 Å². The lowest BCUT2D eigenvalue weighted by Crippen LogP contribution is -2.33. The van der Waals surface area contributed by atoms with Crippen LogP contribution in [0.5, 0.6) is 5.75 Å². The Balaban J connectivity index is 1.65. The number of carbonyl (C=O) groups is 1. The van der Waals surface area contributed by atoms with Crippen LogP contribution in [-0.2, 0) is 7.05 Å². The molecule has 0 saturated carbocycles. The van der Waals surface area contributed by atoms with E-state index >= 15 is 0 Å². The van der Waals surface area contributed by atoms with E-state index in [0.29, 0.717) is 37.4 Å². The number of hydrogen-bond donors (Lipinski definition) is 1. The average molecular weight is 333 g/mol. The Labute approximate surface area is 139 Å². The molecule has 1 amide bonds. The third-order valence-electron chi connectivity index (χ3n) is 4.24. The van der Waals surface area contributed by atoms with Gasteiger partial charge < -0.3 is 14.7 Å². The highest BCUT2D eigenvalue weighted by molar-refractivity contribution is 5.92. The van der Waals surface area contributed by atoms with Crippen LogP contribution >= 0.6 is 0 Å². The lowest BCUT2D eigenvalue weighted by Gasteiger charge is -2.21. The molecule has 7 heteroatoms. The molecular weight excluding hydrogens is 313 g/mol. The van der Waals surface area contributed by atoms with Gasteiger partial charge in [-0.2, -0.15) is 5.10 Å². The van der Waals surface area contributed by atoms with Gasteiger partial charge in [-0.1, -0.05) is 0 Å². The molecule has 1 N–H and O–H groups in total. The summed E-state index contributed by atoms with van der Waals surface area (Å²) in [6.45, 7) is 0.932. The third kappa shape index (κ3) is 3.56. The van der Waals surface area contributed by atoms with Gasteiger partial charge >= 0.3 is 0 Å². The SMILES string of the molecule is Cn1nccc1C(=O)N1CC[C@H](Oc2ccc(F)cc2)[C@@H](O)CC1. The second kappa shape index (κ2) is 7.00. The first-order valence-electron chi connectivity index (χ1n) is 7.92. The number of ether oxygens (including phenoxy) is 1. The summed E-state index contributed by atoms with van der Waals surface area (Å²) >= 11 is 0. The van der Waals surface area contributed by atoms with E-state index in [1.165, 1.54) is 28.9 Å². The normalized spacial score (nSPS) is 21.4. The first-order valence-corrected chi connectivity index (χ1v) is 7.92. The van der Waals surface area contributed by atoms with Crippen LogP contribution < -0.4 is 4.74 Å². The minimum Gasteiger partial charge on any atom is -0.488 e. The molecule has 24 heavy (non-hydrogen) atoms. The lowest BCUT2D eigenvalue weighted by molar-refractivity contribution is 0.0349. The number of aryl methyl sites for hydroxylation is 1. The largest absolute Gasteiger partial charge is 0.488 e. The summed E-state index contributed by atoms with van der Waals surface area (Å²) in [5, 5.41) is 14.3. The first-order chi connectivity index (χ1) is 11.5. The standard InChI is InChI=1S/C17H20FN3O3/c1-20-14(6-9-19-20)17(23)21-10-7-15(22)16(8-11-21)24-13-4-2-12(18)3-5-13/h2-6,9,15-16,22H,7-8,10-11H2,1H3/t15-,16-/m0/s1. The molecule has 1 aliphatic rings. The molecule has 0 unspecified atom stereocenters. The number of carbonyl (C=O) groups excluding carboxylic acids is 1. The van der Waals surface area contributed by atoms with E-state index in [4.69, 9.17) is 4.74 Å². The fourth-order valence-electron chi connectivity index (χ4n) is 2.84. The molecule has 2 atom stereocenters. The zero-order valence-electron chi connectivity index (χ0n) is 13.4. The molecule has 0 bridgehead atoms. The molecular formula is C17H20FN3O3. The molecule has 2 heterocycles. The smallest absolute Gasteiger partial charge is 0.272 e. The molecule has 1 aromatic carbocycles. The van der Waals surface area contributed by atoms with E-state index in [1.54, 1.807) is 24.2 Å². The van der Waals surface area contributed by atoms with Crippen molar-refractivity contribution in [3.63, 3.8) is 0 Å². The highest BCUT2D eigenvalue weighted by Crippen LogP contribution is 2.21. The first kappa shape index (κ1) is 16.4. The van der Waals surface area contributed by atoms with E-state index in [1.807, 2.05) is 0 Å². The van der Waals surface area contributed by atoms with Gasteiger partial charge in [0, 0.05) is 32.8 Å². The van der Waals surface area contributed by atoms with E-state index in [9.17, 15) is 14.3 Å². The van der Waals surface area contributed by atoms with Crippen LogP contribution in [0.4, 0.5) is 4.39 Å². The summed E-state index contributed by atoms with van der Waals surface area (Å²) in [5.74, 6) is 0.0632. The number of rotatable bonds is 3. The minimum absolute atomic E-state index is 0.107. The van der Waals surface area contributed by atoms with Crippen LogP contribution in [0.3, 0.4) is 0 Å². The fraction of sp³-hybridized carbons (Fsp3) is 0.412. The van der Waals surface area contributed by atoms with E-state index < -0.39 is 12.2 Å². The molecule has 3 rings (SSSR count). The Bertz CT molecular complexity index is 701. The number of aromatic nitrogens is 2. The molecule has 128 valence electrons. The Hall–Kier alpha value is -2.41. The van der Waals surface area contributed by atoms with Crippen LogP contribution in [-0.4, -0.2) is 51.0 Å². The molecule has 0 aliphatic carbocycles. The second-order valence-electron chi connectivity index (χ2n) is 5.89. The Morgan fingerprint density at radius 1 is 1.25 bits per heavy atom. The summed E-state index contributed by atoms with van der Waals surface area (Å²) in [6.07, 6.45) is 1.40. The summed E-state index contributed by atoms with van der Waals surface area (Å²) < 4.78 is 20.3. The Morgan fingerprint density at radius 3 is 2.62 bits per heavy atom. The highest BCUT2D eigenvalue weighted by Gasteiger charge is 2.29. The zero-order valence-corrected chi connectivity index (χ0v) is 13.4. The summed E-state index contributed by atoms with van der Waals surface area (Å²) in [7, 11) is 1.72. The lowest BCUT2D eigenvalue weighted by atomic mass is 10.1. The average Bonchev–Trinajstić information content (AvgIpc) is 2.92. The maximum absolute atomic E-state index is 13.0. The van der Waals surface area contributed by atoms with Crippen molar-refractivity contribution < 1.29 is 19.0 Å². The van der Waals surface area contributed by atoms with Crippen LogP contribution in [0.1, 0.15) is 23.3 Å². The second-order valence-corrected chi connectivity index (χ2v) is 5.89. The van der Waals surface area contributed by atoms with Crippen LogP contribution in [0.25, 0.3) is 0 Å². The van der Waals surface area contributed by atoms with Gasteiger partial charge in [-0.05, 0) is 36.8 Å². The van der Waals surface area contributed by atoms with E-state index in [-0.39, 0.29) is 11.7 Å². The Kier molecular flexibility index (Phi) is 4.80. The van der Waals surface area contributed by atoms with E-state index in [0.717, 1.165) is 0 Å². The van der Waals surface area contributed by atoms with Gasteiger partial charge in [-0.25, -0.2) is 4.39 Å². The fourth-order valence-corrected chi connectivity index (χ4v) is 2.84. The maximum atomic E-state index is 13.0. The predicted molar refractivity (Wildman–Crippen MR) is 85.2 cm³/mol. The number of nitrogens with zero attached hydrogens (tertiary/aromatic N) is 3. The number of likely N-dealkylation sites (tertiary alicyclic amines) is 1. The van der Waals surface area contributed by atoms with Crippen molar-refractivity contribution in [2.45, 2.75) is 25.0 Å². The van der Waals surface area contributed by atoms with Gasteiger partial charge in [0.25, 0.3) is 5.91 Å². The summed E-state index contributed by atoms with van der Waals surface area (Å²) in [5.41, 5.74) is 0.516. The summed E-state index contributed by atoms with van der Waals surface area (Å²) in [6, 6.07) is 7.38. The van der Waals surface area contributed by atoms with Gasteiger partial charge in [-0.15, -0.1) is 0 Å². The monoisotopic (exact) mass is 333 g/mol. The van der Waals surface area contributed by atoms with Crippen molar-refractivity contribution in [3.05, 3.63) is 48.0 Å². The van der Waals surface area contributed by atoms with Crippen molar-refractivity contribution in [1.82, 2.24) is 14.7 Å². The van der Waals surface area contributed by atoms with Gasteiger partial charge in [-0.3, -0.25) is 9.48 Å². The Morgan fingerprint density at radius 2 is 1.96 bits per heavy atom. The number of aliphatic hydroxyl groups is 1. The predicted octanol–water partition coefficient (Wildman–Crippen LogP) is 1.60. The molecule has 1 fully saturated rings. The summed E-state index contributed by atoms with van der Waals surface area (Å²) in [4.78, 5) is 14.2. The third-order valence-corrected chi connectivity index (χ3v) is 4.24. The van der Waals surface area contributed by atoms with Crippen molar-refractivity contribution in [3.8, 4) is 5.75 Å². The minimum atomic E-state index is -0.681. The molecule has 0 spiro atoms. The number of amides is 1. The van der Waals surface area contributed by atoms with Gasteiger partial charge in [0.05, 0.1) is 6.10 Å². The van der Waals surface area contributed by atoms with Crippen LogP contribution in [0.15, 0.2) is 36.5 Å². The zero-order chi connectivity index (χ0) is 17.1. The molecule has 1 aliphatic heterocycles. The van der Waals surface area contributed by atoms with Crippen LogP contribution in [0.2, 0.25) is 0 Å². The number of aliphatic hydroxyl groups excluding tert-OH is 1. The van der Waals surface area contributed by atoms with Gasteiger partial charge in [0.15, 0.2) is 0 Å². The highest BCUT2D eigenvalue weighted by atomic mass is 19.1. The van der Waals surface area contributed by atoms with Crippen molar-refractivity contribution >= 4 is 5.91 Å². The number of benzene rings is 1. The molecule has 1 saturated heterocycles. The molecule has 1 aromatic heterocycles. The maximum Gasteiger partial charge on any atom is 0.272 e. The van der Waals surface area contributed by atoms with E-state index in [2.05, 4.69) is 5.10 Å². The van der Waals surface area contributed by atoms with Crippen LogP contribution in [0, 0.1) is 5.82 Å². The number of halogens is 1. The topological polar surface area (TPSA) is 67.6 Å². The number of hydrogen-bond acceptors (Lipinski definition) is 4. The van der Waals surface area contributed by atoms with Crippen molar-refractivity contribution in [1.29, 1.82) is 0 Å².